The molecule has 2 heteroatoms. The van der Waals surface area contributed by atoms with Crippen molar-refractivity contribution in [1.82, 2.24) is 9.97 Å². The summed E-state index contributed by atoms with van der Waals surface area (Å²) in [7, 11) is 0. The zero-order valence-electron chi connectivity index (χ0n) is 11.9. The zero-order chi connectivity index (χ0) is 13.0. The predicted molar refractivity (Wildman–Crippen MR) is 73.7 cm³/mol. The molecule has 0 aliphatic carbocycles. The van der Waals surface area contributed by atoms with Crippen LogP contribution < -0.4 is 0 Å². The van der Waals surface area contributed by atoms with Crippen LogP contribution in [0.3, 0.4) is 0 Å². The average molecular weight is 230 g/mol. The highest BCUT2D eigenvalue weighted by Crippen LogP contribution is 2.35. The van der Waals surface area contributed by atoms with Crippen molar-refractivity contribution in [2.45, 2.75) is 53.9 Å². The van der Waals surface area contributed by atoms with Gasteiger partial charge in [0.1, 0.15) is 5.82 Å². The highest BCUT2D eigenvalue weighted by molar-refractivity contribution is 5.86. The summed E-state index contributed by atoms with van der Waals surface area (Å²) in [5.41, 5.74) is 7.96. The Bertz CT molecular complexity index is 583. The minimum Gasteiger partial charge on any atom is -0.342 e. The molecule has 2 aromatic rings. The number of imidazole rings is 1. The molecule has 1 aromatic carbocycles. The Balaban J connectivity index is 3.00. The number of fused-ring (bicyclic) bond motifs is 1. The lowest BCUT2D eigenvalue weighted by Gasteiger charge is -2.24. The monoisotopic (exact) mass is 230 g/mol. The first-order chi connectivity index (χ1) is 7.73. The van der Waals surface area contributed by atoms with E-state index >= 15 is 0 Å². The number of rotatable bonds is 0. The van der Waals surface area contributed by atoms with Gasteiger partial charge in [0.25, 0.3) is 0 Å². The van der Waals surface area contributed by atoms with Crippen molar-refractivity contribution < 1.29 is 0 Å². The van der Waals surface area contributed by atoms with Crippen LogP contribution in [0.5, 0.6) is 0 Å². The van der Waals surface area contributed by atoms with Crippen LogP contribution in [0.1, 0.15) is 48.8 Å². The zero-order valence-corrected chi connectivity index (χ0v) is 11.9. The topological polar surface area (TPSA) is 28.7 Å². The number of H-pyrrole nitrogens is 1. The smallest absolute Gasteiger partial charge is 0.104 e. The first kappa shape index (κ1) is 12.2. The van der Waals surface area contributed by atoms with E-state index in [1.54, 1.807) is 0 Å². The van der Waals surface area contributed by atoms with Gasteiger partial charge >= 0.3 is 0 Å². The van der Waals surface area contributed by atoms with E-state index in [1.165, 1.54) is 27.8 Å². The van der Waals surface area contributed by atoms with Gasteiger partial charge in [0.15, 0.2) is 0 Å². The molecule has 0 bridgehead atoms. The molecule has 1 N–H and O–H groups in total. The molecule has 0 saturated carbocycles. The van der Waals surface area contributed by atoms with Gasteiger partial charge in [0.05, 0.1) is 11.0 Å². The maximum Gasteiger partial charge on any atom is 0.104 e. The highest BCUT2D eigenvalue weighted by Gasteiger charge is 2.23. The van der Waals surface area contributed by atoms with E-state index in [0.29, 0.717) is 0 Å². The van der Waals surface area contributed by atoms with Crippen molar-refractivity contribution in [2.75, 3.05) is 0 Å². The summed E-state index contributed by atoms with van der Waals surface area (Å²) in [6, 6.07) is 0. The molecule has 0 fully saturated rings. The van der Waals surface area contributed by atoms with Crippen molar-refractivity contribution in [3.05, 3.63) is 28.1 Å². The van der Waals surface area contributed by atoms with E-state index in [0.717, 1.165) is 11.3 Å². The van der Waals surface area contributed by atoms with Crippen molar-refractivity contribution in [1.29, 1.82) is 0 Å². The molecule has 0 spiro atoms. The number of aromatic amines is 1. The van der Waals surface area contributed by atoms with Gasteiger partial charge in [0.2, 0.25) is 0 Å². The number of nitrogens with one attached hydrogen (secondary N) is 1. The van der Waals surface area contributed by atoms with Gasteiger partial charge in [-0.25, -0.2) is 4.98 Å². The molecule has 2 nitrogen and oxygen atoms in total. The van der Waals surface area contributed by atoms with Crippen molar-refractivity contribution in [3.8, 4) is 0 Å². The fourth-order valence-electron chi connectivity index (χ4n) is 2.72. The van der Waals surface area contributed by atoms with Crippen LogP contribution >= 0.6 is 0 Å². The molecule has 0 unspecified atom stereocenters. The summed E-state index contributed by atoms with van der Waals surface area (Å²) in [5.74, 6) is 0.999. The van der Waals surface area contributed by atoms with E-state index in [4.69, 9.17) is 0 Å². The summed E-state index contributed by atoms with van der Waals surface area (Å²) in [6.45, 7) is 15.4. The first-order valence-electron chi connectivity index (χ1n) is 6.20. The number of aryl methyl sites for hydroxylation is 2. The summed E-state index contributed by atoms with van der Waals surface area (Å²) < 4.78 is 0. The van der Waals surface area contributed by atoms with Crippen LogP contribution in [-0.4, -0.2) is 9.97 Å². The minimum atomic E-state index is 0.139. The maximum absolute atomic E-state index is 4.63. The predicted octanol–water partition coefficient (Wildman–Crippen LogP) is 4.09. The second-order valence-corrected chi connectivity index (χ2v) is 6.05. The van der Waals surface area contributed by atoms with Crippen LogP contribution in [0.25, 0.3) is 11.0 Å². The number of benzene rings is 1. The van der Waals surface area contributed by atoms with E-state index in [2.05, 4.69) is 51.5 Å². The summed E-state index contributed by atoms with van der Waals surface area (Å²) >= 11 is 0. The Morgan fingerprint density at radius 3 is 2.00 bits per heavy atom. The van der Waals surface area contributed by atoms with Gasteiger partial charge in [-0.3, -0.25) is 0 Å². The average Bonchev–Trinajstić information content (AvgIpc) is 2.54. The molecule has 2 rings (SSSR count). The fourth-order valence-corrected chi connectivity index (χ4v) is 2.72. The number of aromatic nitrogens is 2. The molecular formula is C15H22N2. The van der Waals surface area contributed by atoms with Crippen LogP contribution in [0.15, 0.2) is 0 Å². The van der Waals surface area contributed by atoms with E-state index < -0.39 is 0 Å². The van der Waals surface area contributed by atoms with Crippen LogP contribution in [0.2, 0.25) is 0 Å². The number of nitrogens with zero attached hydrogens (tertiary/aromatic N) is 1. The van der Waals surface area contributed by atoms with Gasteiger partial charge in [-0.2, -0.15) is 0 Å². The Morgan fingerprint density at radius 1 is 0.882 bits per heavy atom. The number of hydrogen-bond donors (Lipinski definition) is 1. The lowest BCUT2D eigenvalue weighted by atomic mass is 9.80. The maximum atomic E-state index is 4.63. The van der Waals surface area contributed by atoms with Crippen molar-refractivity contribution in [3.63, 3.8) is 0 Å². The SMILES string of the molecule is Cc1nc2c(C)c(C)c(C)c(C(C)(C)C)c2[nH]1. The normalized spacial score (nSPS) is 12.4. The summed E-state index contributed by atoms with van der Waals surface area (Å²) in [5, 5.41) is 0. The third-order valence-electron chi connectivity index (χ3n) is 3.68. The molecule has 1 heterocycles. The lowest BCUT2D eigenvalue weighted by molar-refractivity contribution is 0.590. The van der Waals surface area contributed by atoms with E-state index in [9.17, 15) is 0 Å². The first-order valence-corrected chi connectivity index (χ1v) is 6.20. The third kappa shape index (κ3) is 1.76. The molecule has 17 heavy (non-hydrogen) atoms. The molecule has 0 amide bonds. The quantitative estimate of drug-likeness (QED) is 0.725. The van der Waals surface area contributed by atoms with Gasteiger partial charge < -0.3 is 4.98 Å². The summed E-state index contributed by atoms with van der Waals surface area (Å²) in [6.07, 6.45) is 0. The molecule has 0 atom stereocenters. The van der Waals surface area contributed by atoms with Crippen LogP contribution in [0.4, 0.5) is 0 Å². The Morgan fingerprint density at radius 2 is 1.47 bits per heavy atom. The Kier molecular flexibility index (Phi) is 2.57. The second kappa shape index (κ2) is 3.59. The van der Waals surface area contributed by atoms with Crippen molar-refractivity contribution >= 4 is 11.0 Å². The van der Waals surface area contributed by atoms with E-state index in [-0.39, 0.29) is 5.41 Å². The standard InChI is InChI=1S/C15H22N2/c1-8-9(2)12(15(5,6)7)14-13(10(8)3)16-11(4)17-14/h1-7H3,(H,16,17). The second-order valence-electron chi connectivity index (χ2n) is 6.05. The van der Waals surface area contributed by atoms with Crippen LogP contribution in [-0.2, 0) is 5.41 Å². The largest absolute Gasteiger partial charge is 0.342 e. The molecule has 0 aliphatic heterocycles. The van der Waals surface area contributed by atoms with Crippen LogP contribution in [0, 0.1) is 27.7 Å². The summed E-state index contributed by atoms with van der Waals surface area (Å²) in [4.78, 5) is 8.06. The van der Waals surface area contributed by atoms with Gasteiger partial charge in [-0.1, -0.05) is 20.8 Å². The molecule has 92 valence electrons. The minimum absolute atomic E-state index is 0.139. The van der Waals surface area contributed by atoms with Gasteiger partial charge in [-0.05, 0) is 55.4 Å². The molecular weight excluding hydrogens is 208 g/mol. The Hall–Kier alpha value is -1.31. The molecule has 0 aliphatic rings. The fraction of sp³-hybridized carbons (Fsp3) is 0.533. The molecule has 0 saturated heterocycles. The lowest BCUT2D eigenvalue weighted by Crippen LogP contribution is -2.15. The molecule has 0 radical (unpaired) electrons. The highest BCUT2D eigenvalue weighted by atomic mass is 14.9. The van der Waals surface area contributed by atoms with Gasteiger partial charge in [0, 0.05) is 0 Å². The Labute approximate surface area is 103 Å². The van der Waals surface area contributed by atoms with Crippen molar-refractivity contribution in [2.24, 2.45) is 0 Å². The number of hydrogen-bond acceptors (Lipinski definition) is 1. The molecule has 1 aromatic heterocycles. The van der Waals surface area contributed by atoms with Gasteiger partial charge in [-0.15, -0.1) is 0 Å². The third-order valence-corrected chi connectivity index (χ3v) is 3.68. The van der Waals surface area contributed by atoms with E-state index in [1.807, 2.05) is 6.92 Å².